The van der Waals surface area contributed by atoms with Crippen LogP contribution in [0.5, 0.6) is 0 Å². The van der Waals surface area contributed by atoms with Gasteiger partial charge in [0.05, 0.1) is 6.26 Å². The second-order valence-corrected chi connectivity index (χ2v) is 10.9. The summed E-state index contributed by atoms with van der Waals surface area (Å²) in [6, 6.07) is 49.5. The van der Waals surface area contributed by atoms with Crippen LogP contribution in [0.15, 0.2) is 155 Å². The van der Waals surface area contributed by atoms with Gasteiger partial charge in [0.1, 0.15) is 16.7 Å². The summed E-state index contributed by atoms with van der Waals surface area (Å²) in [6.45, 7) is 0. The van der Waals surface area contributed by atoms with Crippen molar-refractivity contribution in [2.75, 3.05) is 0 Å². The molecule has 0 N–H and O–H groups in total. The second-order valence-electron chi connectivity index (χ2n) is 10.9. The van der Waals surface area contributed by atoms with Gasteiger partial charge in [-0.15, -0.1) is 0 Å². The molecule has 2 nitrogen and oxygen atoms in total. The summed E-state index contributed by atoms with van der Waals surface area (Å²) in [5.41, 5.74) is 9.77. The van der Waals surface area contributed by atoms with Gasteiger partial charge in [0.15, 0.2) is 0 Å². The lowest BCUT2D eigenvalue weighted by molar-refractivity contribution is 0.617. The molecule has 0 spiro atoms. The van der Waals surface area contributed by atoms with E-state index in [1.54, 1.807) is 0 Å². The number of rotatable bonds is 3. The molecule has 0 atom stereocenters. The standard InChI is InChI=1S/C40H24O2/c1-2-10-26(11-3-1)39-29-13-4-6-15-31(29)40(32-16-7-5-14-30(32)39)27-20-18-25(19-21-27)35-24-41-37-22-33-28-12-8-9-17-36(28)42-38(33)23-34(35)37/h1-24H. The van der Waals surface area contributed by atoms with Gasteiger partial charge < -0.3 is 8.83 Å². The molecule has 196 valence electrons. The van der Waals surface area contributed by atoms with Crippen LogP contribution in [0.2, 0.25) is 0 Å². The van der Waals surface area contributed by atoms with E-state index in [1.807, 2.05) is 24.5 Å². The first kappa shape index (κ1) is 23.1. The molecule has 9 rings (SSSR count). The highest BCUT2D eigenvalue weighted by molar-refractivity contribution is 6.21. The molecule has 2 heterocycles. The molecule has 42 heavy (non-hydrogen) atoms. The fraction of sp³-hybridized carbons (Fsp3) is 0. The van der Waals surface area contributed by atoms with Crippen LogP contribution < -0.4 is 0 Å². The largest absolute Gasteiger partial charge is 0.464 e. The predicted octanol–water partition coefficient (Wildman–Crippen LogP) is 11.6. The topological polar surface area (TPSA) is 26.3 Å². The van der Waals surface area contributed by atoms with Crippen LogP contribution in [-0.4, -0.2) is 0 Å². The number of hydrogen-bond donors (Lipinski definition) is 0. The Kier molecular flexibility index (Phi) is 4.93. The zero-order valence-corrected chi connectivity index (χ0v) is 22.7. The van der Waals surface area contributed by atoms with E-state index in [4.69, 9.17) is 8.83 Å². The van der Waals surface area contributed by atoms with E-state index < -0.39 is 0 Å². The third kappa shape index (κ3) is 3.39. The monoisotopic (exact) mass is 536 g/mol. The van der Waals surface area contributed by atoms with Crippen LogP contribution in [0.1, 0.15) is 0 Å². The van der Waals surface area contributed by atoms with Gasteiger partial charge >= 0.3 is 0 Å². The maximum absolute atomic E-state index is 6.18. The zero-order valence-electron chi connectivity index (χ0n) is 22.7. The van der Waals surface area contributed by atoms with Gasteiger partial charge in [0.25, 0.3) is 0 Å². The minimum atomic E-state index is 0.863. The van der Waals surface area contributed by atoms with Crippen molar-refractivity contribution in [3.05, 3.63) is 146 Å². The summed E-state index contributed by atoms with van der Waals surface area (Å²) >= 11 is 0. The first-order valence-electron chi connectivity index (χ1n) is 14.3. The minimum Gasteiger partial charge on any atom is -0.464 e. The van der Waals surface area contributed by atoms with Crippen LogP contribution in [0.4, 0.5) is 0 Å². The van der Waals surface area contributed by atoms with Crippen molar-refractivity contribution in [2.24, 2.45) is 0 Å². The second kappa shape index (κ2) is 8.95. The molecule has 2 heteroatoms. The van der Waals surface area contributed by atoms with Gasteiger partial charge in [-0.3, -0.25) is 0 Å². The Morgan fingerprint density at radius 2 is 0.833 bits per heavy atom. The van der Waals surface area contributed by atoms with E-state index in [0.29, 0.717) is 0 Å². The quantitative estimate of drug-likeness (QED) is 0.210. The van der Waals surface area contributed by atoms with Crippen molar-refractivity contribution in [3.63, 3.8) is 0 Å². The van der Waals surface area contributed by atoms with Crippen LogP contribution >= 0.6 is 0 Å². The van der Waals surface area contributed by atoms with E-state index in [0.717, 1.165) is 44.0 Å². The van der Waals surface area contributed by atoms with E-state index in [1.165, 1.54) is 43.8 Å². The molecule has 0 saturated carbocycles. The lowest BCUT2D eigenvalue weighted by atomic mass is 9.86. The number of furan rings is 2. The average molecular weight is 537 g/mol. The van der Waals surface area contributed by atoms with Gasteiger partial charge in [-0.2, -0.15) is 0 Å². The Balaban J connectivity index is 1.22. The van der Waals surface area contributed by atoms with E-state index in [-0.39, 0.29) is 0 Å². The molecule has 2 aromatic heterocycles. The molecule has 0 aliphatic carbocycles. The molecule has 0 bridgehead atoms. The molecule has 0 fully saturated rings. The van der Waals surface area contributed by atoms with Crippen molar-refractivity contribution in [1.82, 2.24) is 0 Å². The van der Waals surface area contributed by atoms with Gasteiger partial charge in [-0.05, 0) is 67.6 Å². The number of benzene rings is 7. The lowest BCUT2D eigenvalue weighted by Crippen LogP contribution is -1.90. The van der Waals surface area contributed by atoms with Crippen LogP contribution in [0.3, 0.4) is 0 Å². The highest BCUT2D eigenvalue weighted by Gasteiger charge is 2.17. The summed E-state index contributed by atoms with van der Waals surface area (Å²) in [5.74, 6) is 0. The fourth-order valence-electron chi connectivity index (χ4n) is 6.64. The summed E-state index contributed by atoms with van der Waals surface area (Å²) in [6.07, 6.45) is 1.86. The Hall–Kier alpha value is -5.60. The van der Waals surface area contributed by atoms with Crippen molar-refractivity contribution < 1.29 is 8.83 Å². The maximum atomic E-state index is 6.18. The lowest BCUT2D eigenvalue weighted by Gasteiger charge is -2.17. The number of para-hydroxylation sites is 1. The van der Waals surface area contributed by atoms with Gasteiger partial charge in [0.2, 0.25) is 0 Å². The summed E-state index contributed by atoms with van der Waals surface area (Å²) in [4.78, 5) is 0. The molecular weight excluding hydrogens is 512 g/mol. The summed E-state index contributed by atoms with van der Waals surface area (Å²) < 4.78 is 12.3. The van der Waals surface area contributed by atoms with E-state index >= 15 is 0 Å². The van der Waals surface area contributed by atoms with Crippen LogP contribution in [-0.2, 0) is 0 Å². The SMILES string of the molecule is c1ccc(-c2c3ccccc3c(-c3ccc(-c4coc5cc6c(cc45)oc4ccccc46)cc3)c3ccccc23)cc1. The Morgan fingerprint density at radius 3 is 1.48 bits per heavy atom. The molecule has 0 saturated heterocycles. The zero-order chi connectivity index (χ0) is 27.6. The molecule has 7 aromatic carbocycles. The Bertz CT molecular complexity index is 2380. The number of hydrogen-bond acceptors (Lipinski definition) is 2. The molecule has 0 aliphatic heterocycles. The van der Waals surface area contributed by atoms with Crippen LogP contribution in [0.25, 0.3) is 87.8 Å². The van der Waals surface area contributed by atoms with Gasteiger partial charge in [-0.1, -0.05) is 121 Å². The fourth-order valence-corrected chi connectivity index (χ4v) is 6.64. The van der Waals surface area contributed by atoms with Crippen molar-refractivity contribution in [2.45, 2.75) is 0 Å². The third-order valence-corrected chi connectivity index (χ3v) is 8.55. The van der Waals surface area contributed by atoms with Crippen molar-refractivity contribution >= 4 is 54.5 Å². The molecule has 0 unspecified atom stereocenters. The van der Waals surface area contributed by atoms with Crippen LogP contribution in [0, 0.1) is 0 Å². The highest BCUT2D eigenvalue weighted by Crippen LogP contribution is 2.44. The molecule has 0 radical (unpaired) electrons. The van der Waals surface area contributed by atoms with Gasteiger partial charge in [0, 0.05) is 21.7 Å². The summed E-state index contributed by atoms with van der Waals surface area (Å²) in [5, 5.41) is 8.26. The molecule has 0 amide bonds. The van der Waals surface area contributed by atoms with E-state index in [9.17, 15) is 0 Å². The van der Waals surface area contributed by atoms with Crippen molar-refractivity contribution in [1.29, 1.82) is 0 Å². The first-order chi connectivity index (χ1) is 20.8. The first-order valence-corrected chi connectivity index (χ1v) is 14.3. The average Bonchev–Trinajstić information content (AvgIpc) is 3.63. The van der Waals surface area contributed by atoms with Crippen molar-refractivity contribution in [3.8, 4) is 33.4 Å². The smallest absolute Gasteiger partial charge is 0.136 e. The third-order valence-electron chi connectivity index (χ3n) is 8.55. The van der Waals surface area contributed by atoms with Gasteiger partial charge in [-0.25, -0.2) is 0 Å². The molecule has 9 aromatic rings. The molecule has 0 aliphatic rings. The van der Waals surface area contributed by atoms with E-state index in [2.05, 4.69) is 121 Å². The predicted molar refractivity (Wildman–Crippen MR) is 175 cm³/mol. The summed E-state index contributed by atoms with van der Waals surface area (Å²) in [7, 11) is 0. The number of fused-ring (bicyclic) bond motifs is 6. The highest BCUT2D eigenvalue weighted by atomic mass is 16.3. The molecular formula is C40H24O2. The maximum Gasteiger partial charge on any atom is 0.136 e. The minimum absolute atomic E-state index is 0.863. The Labute approximate surface area is 242 Å². The Morgan fingerprint density at radius 1 is 0.333 bits per heavy atom. The normalized spacial score (nSPS) is 11.8.